The van der Waals surface area contributed by atoms with Crippen molar-refractivity contribution in [1.29, 1.82) is 0 Å². The lowest BCUT2D eigenvalue weighted by Gasteiger charge is -2.32. The van der Waals surface area contributed by atoms with Gasteiger partial charge in [0.1, 0.15) is 0 Å². The smallest absolute Gasteiger partial charge is 0.228 e. The van der Waals surface area contributed by atoms with E-state index in [1.807, 2.05) is 43.0 Å². The Labute approximate surface area is 130 Å². The third kappa shape index (κ3) is 4.21. The first-order chi connectivity index (χ1) is 9.97. The van der Waals surface area contributed by atoms with Crippen LogP contribution in [-0.2, 0) is 16.1 Å². The molecule has 1 N–H and O–H groups in total. The molecule has 1 aromatic carbocycles. The van der Waals surface area contributed by atoms with Crippen LogP contribution in [0.15, 0.2) is 24.3 Å². The number of nitrogens with one attached hydrogen (secondary N) is 1. The summed E-state index contributed by atoms with van der Waals surface area (Å²) in [4.78, 5) is 25.7. The summed E-state index contributed by atoms with van der Waals surface area (Å²) in [7, 11) is 0. The SMILES string of the molecule is CC(C)N(Cc1cccc(Cl)c1)C(=O)C1CCC(=O)NC1. The normalized spacial score (nSPS) is 18.5. The van der Waals surface area contributed by atoms with Gasteiger partial charge < -0.3 is 10.2 Å². The van der Waals surface area contributed by atoms with Crippen molar-refractivity contribution < 1.29 is 9.59 Å². The van der Waals surface area contributed by atoms with Gasteiger partial charge in [-0.25, -0.2) is 0 Å². The molecule has 4 nitrogen and oxygen atoms in total. The van der Waals surface area contributed by atoms with Crippen LogP contribution >= 0.6 is 11.6 Å². The fraction of sp³-hybridized carbons (Fsp3) is 0.500. The van der Waals surface area contributed by atoms with Crippen molar-refractivity contribution >= 4 is 23.4 Å². The second-order valence-corrected chi connectivity index (χ2v) is 6.17. The van der Waals surface area contributed by atoms with E-state index in [0.717, 1.165) is 5.56 Å². The monoisotopic (exact) mass is 308 g/mol. The molecule has 1 atom stereocenters. The standard InChI is InChI=1S/C16H21ClN2O2/c1-11(2)19(10-12-4-3-5-14(17)8-12)16(21)13-6-7-15(20)18-9-13/h3-5,8,11,13H,6-7,9-10H2,1-2H3,(H,18,20). The summed E-state index contributed by atoms with van der Waals surface area (Å²) >= 11 is 6.00. The van der Waals surface area contributed by atoms with Gasteiger partial charge in [-0.05, 0) is 38.0 Å². The molecule has 21 heavy (non-hydrogen) atoms. The van der Waals surface area contributed by atoms with E-state index >= 15 is 0 Å². The lowest BCUT2D eigenvalue weighted by Crippen LogP contribution is -2.46. The lowest BCUT2D eigenvalue weighted by atomic mass is 9.96. The molecule has 114 valence electrons. The molecule has 2 amide bonds. The molecular formula is C16H21ClN2O2. The van der Waals surface area contributed by atoms with Crippen LogP contribution in [0.25, 0.3) is 0 Å². The Kier molecular flexibility index (Phi) is 5.23. The van der Waals surface area contributed by atoms with Crippen LogP contribution in [0.1, 0.15) is 32.3 Å². The first-order valence-corrected chi connectivity index (χ1v) is 7.67. The Hall–Kier alpha value is -1.55. The van der Waals surface area contributed by atoms with E-state index in [2.05, 4.69) is 5.32 Å². The summed E-state index contributed by atoms with van der Waals surface area (Å²) in [6, 6.07) is 7.67. The number of halogens is 1. The molecule has 2 rings (SSSR count). The highest BCUT2D eigenvalue weighted by Crippen LogP contribution is 2.19. The molecule has 5 heteroatoms. The maximum atomic E-state index is 12.7. The number of nitrogens with zero attached hydrogens (tertiary/aromatic N) is 1. The topological polar surface area (TPSA) is 49.4 Å². The van der Waals surface area contributed by atoms with Crippen molar-refractivity contribution in [2.45, 2.75) is 39.3 Å². The molecule has 1 unspecified atom stereocenters. The summed E-state index contributed by atoms with van der Waals surface area (Å²) < 4.78 is 0. The number of carbonyl (C=O) groups excluding carboxylic acids is 2. The van der Waals surface area contributed by atoms with E-state index in [0.29, 0.717) is 31.0 Å². The number of hydrogen-bond acceptors (Lipinski definition) is 2. The molecule has 1 aliphatic rings. The zero-order chi connectivity index (χ0) is 15.4. The summed E-state index contributed by atoms with van der Waals surface area (Å²) in [5.74, 6) is 0.0132. The molecule has 0 bridgehead atoms. The molecule has 1 heterocycles. The predicted octanol–water partition coefficient (Wildman–Crippen LogP) is 2.60. The molecule has 0 aliphatic carbocycles. The van der Waals surface area contributed by atoms with Gasteiger partial charge in [-0.15, -0.1) is 0 Å². The quantitative estimate of drug-likeness (QED) is 0.929. The van der Waals surface area contributed by atoms with Gasteiger partial charge in [0.25, 0.3) is 0 Å². The van der Waals surface area contributed by atoms with Crippen LogP contribution in [-0.4, -0.2) is 29.3 Å². The molecule has 0 radical (unpaired) electrons. The molecule has 1 fully saturated rings. The van der Waals surface area contributed by atoms with Gasteiger partial charge in [0, 0.05) is 30.6 Å². The van der Waals surface area contributed by atoms with E-state index in [9.17, 15) is 9.59 Å². The van der Waals surface area contributed by atoms with E-state index < -0.39 is 0 Å². The lowest BCUT2D eigenvalue weighted by molar-refractivity contribution is -0.139. The zero-order valence-electron chi connectivity index (χ0n) is 12.4. The first kappa shape index (κ1) is 15.8. The maximum absolute atomic E-state index is 12.7. The number of rotatable bonds is 4. The highest BCUT2D eigenvalue weighted by atomic mass is 35.5. The molecule has 1 saturated heterocycles. The molecular weight excluding hydrogens is 288 g/mol. The zero-order valence-corrected chi connectivity index (χ0v) is 13.2. The third-order valence-corrected chi connectivity index (χ3v) is 4.00. The fourth-order valence-electron chi connectivity index (χ4n) is 2.53. The first-order valence-electron chi connectivity index (χ1n) is 7.29. The van der Waals surface area contributed by atoms with Crippen molar-refractivity contribution in [2.75, 3.05) is 6.54 Å². The Balaban J connectivity index is 2.08. The van der Waals surface area contributed by atoms with Crippen molar-refractivity contribution in [1.82, 2.24) is 10.2 Å². The summed E-state index contributed by atoms with van der Waals surface area (Å²) in [6.07, 6.45) is 1.06. The van der Waals surface area contributed by atoms with Gasteiger partial charge in [-0.3, -0.25) is 9.59 Å². The Morgan fingerprint density at radius 1 is 1.48 bits per heavy atom. The van der Waals surface area contributed by atoms with Gasteiger partial charge in [-0.1, -0.05) is 23.7 Å². The molecule has 1 aliphatic heterocycles. The van der Waals surface area contributed by atoms with E-state index in [4.69, 9.17) is 11.6 Å². The maximum Gasteiger partial charge on any atom is 0.228 e. The van der Waals surface area contributed by atoms with Crippen LogP contribution in [0, 0.1) is 5.92 Å². The van der Waals surface area contributed by atoms with Crippen LogP contribution in [0.2, 0.25) is 5.02 Å². The van der Waals surface area contributed by atoms with Gasteiger partial charge in [0.05, 0.1) is 5.92 Å². The highest BCUT2D eigenvalue weighted by Gasteiger charge is 2.29. The van der Waals surface area contributed by atoms with E-state index in [-0.39, 0.29) is 23.8 Å². The minimum Gasteiger partial charge on any atom is -0.355 e. The van der Waals surface area contributed by atoms with E-state index in [1.54, 1.807) is 0 Å². The Bertz CT molecular complexity index is 521. The number of hydrogen-bond donors (Lipinski definition) is 1. The van der Waals surface area contributed by atoms with Crippen molar-refractivity contribution in [3.05, 3.63) is 34.9 Å². The number of piperidine rings is 1. The second kappa shape index (κ2) is 6.94. The minimum absolute atomic E-state index is 0.0324. The van der Waals surface area contributed by atoms with Crippen molar-refractivity contribution in [3.8, 4) is 0 Å². The van der Waals surface area contributed by atoms with Gasteiger partial charge in [0.2, 0.25) is 11.8 Å². The van der Waals surface area contributed by atoms with Gasteiger partial charge >= 0.3 is 0 Å². The average molecular weight is 309 g/mol. The third-order valence-electron chi connectivity index (χ3n) is 3.76. The van der Waals surface area contributed by atoms with Crippen molar-refractivity contribution in [2.24, 2.45) is 5.92 Å². The predicted molar refractivity (Wildman–Crippen MR) is 82.9 cm³/mol. The highest BCUT2D eigenvalue weighted by molar-refractivity contribution is 6.30. The number of carbonyl (C=O) groups is 2. The van der Waals surface area contributed by atoms with Crippen LogP contribution < -0.4 is 5.32 Å². The van der Waals surface area contributed by atoms with Gasteiger partial charge in [-0.2, -0.15) is 0 Å². The van der Waals surface area contributed by atoms with Crippen LogP contribution in [0.3, 0.4) is 0 Å². The fourth-order valence-corrected chi connectivity index (χ4v) is 2.74. The molecule has 0 saturated carbocycles. The van der Waals surface area contributed by atoms with Crippen LogP contribution in [0.5, 0.6) is 0 Å². The summed E-state index contributed by atoms with van der Waals surface area (Å²) in [5.41, 5.74) is 1.02. The Morgan fingerprint density at radius 2 is 2.24 bits per heavy atom. The van der Waals surface area contributed by atoms with Gasteiger partial charge in [0.15, 0.2) is 0 Å². The number of amides is 2. The summed E-state index contributed by atoms with van der Waals surface area (Å²) in [5, 5.41) is 3.45. The molecule has 0 spiro atoms. The minimum atomic E-state index is -0.121. The summed E-state index contributed by atoms with van der Waals surface area (Å²) in [6.45, 7) is 4.99. The Morgan fingerprint density at radius 3 is 2.81 bits per heavy atom. The van der Waals surface area contributed by atoms with Crippen LogP contribution in [0.4, 0.5) is 0 Å². The average Bonchev–Trinajstić information content (AvgIpc) is 2.44. The largest absolute Gasteiger partial charge is 0.355 e. The number of benzene rings is 1. The molecule has 0 aromatic heterocycles. The molecule has 1 aromatic rings. The second-order valence-electron chi connectivity index (χ2n) is 5.73. The van der Waals surface area contributed by atoms with E-state index in [1.165, 1.54) is 0 Å². The van der Waals surface area contributed by atoms with Crippen molar-refractivity contribution in [3.63, 3.8) is 0 Å².